The maximum Gasteiger partial charge on any atom is 0.349 e. The Morgan fingerprint density at radius 1 is 1.12 bits per heavy atom. The summed E-state index contributed by atoms with van der Waals surface area (Å²) in [6.45, 7) is 0.0812. The molecule has 0 aliphatic rings. The summed E-state index contributed by atoms with van der Waals surface area (Å²) < 4.78 is 30.9. The number of sulfonamides is 1. The SMILES string of the molecule is C#CCn1c(=NC(=O)c2cc3c(ccc4ccccc43)oc2=O)sc2cc(S(N)(=O)=O)ccc21. The Morgan fingerprint density at radius 2 is 1.91 bits per heavy atom. The minimum atomic E-state index is -3.91. The Balaban J connectivity index is 1.71. The molecule has 0 spiro atoms. The fraction of sp³-hybridized carbons (Fsp3) is 0.0417. The minimum absolute atomic E-state index is 0.0750. The molecule has 10 heteroatoms. The summed E-state index contributed by atoms with van der Waals surface area (Å²) in [6, 6.07) is 16.8. The highest BCUT2D eigenvalue weighted by molar-refractivity contribution is 7.89. The molecular formula is C24H15N3O5S2. The molecule has 0 saturated heterocycles. The molecule has 0 atom stereocenters. The molecule has 34 heavy (non-hydrogen) atoms. The zero-order valence-corrected chi connectivity index (χ0v) is 19.0. The molecule has 0 radical (unpaired) electrons. The van der Waals surface area contributed by atoms with E-state index in [-0.39, 0.29) is 21.8 Å². The van der Waals surface area contributed by atoms with Gasteiger partial charge >= 0.3 is 5.63 Å². The Labute approximate surface area is 196 Å². The number of nitrogens with zero attached hydrogens (tertiary/aromatic N) is 2. The molecule has 0 bridgehead atoms. The van der Waals surface area contributed by atoms with Crippen molar-refractivity contribution in [2.24, 2.45) is 10.1 Å². The zero-order valence-electron chi connectivity index (χ0n) is 17.4. The van der Waals surface area contributed by atoms with Crippen LogP contribution in [0.25, 0.3) is 32.0 Å². The molecule has 8 nitrogen and oxygen atoms in total. The first kappa shape index (κ1) is 21.8. The van der Waals surface area contributed by atoms with Crippen LogP contribution >= 0.6 is 11.3 Å². The van der Waals surface area contributed by atoms with Gasteiger partial charge in [-0.05, 0) is 41.1 Å². The van der Waals surface area contributed by atoms with Crippen molar-refractivity contribution in [2.45, 2.75) is 11.4 Å². The van der Waals surface area contributed by atoms with Crippen molar-refractivity contribution >= 4 is 59.2 Å². The predicted octanol–water partition coefficient (Wildman–Crippen LogP) is 2.98. The van der Waals surface area contributed by atoms with E-state index < -0.39 is 21.6 Å². The van der Waals surface area contributed by atoms with E-state index in [0.29, 0.717) is 21.2 Å². The molecule has 2 heterocycles. The molecule has 5 aromatic rings. The quantitative estimate of drug-likeness (QED) is 0.237. The molecule has 2 aromatic heterocycles. The topological polar surface area (TPSA) is 125 Å². The van der Waals surface area contributed by atoms with Crippen LogP contribution in [0.2, 0.25) is 0 Å². The number of fused-ring (bicyclic) bond motifs is 4. The Bertz CT molecular complexity index is 1920. The Hall–Kier alpha value is -4.04. The van der Waals surface area contributed by atoms with Crippen LogP contribution in [0.5, 0.6) is 0 Å². The number of thiazole rings is 1. The first-order chi connectivity index (χ1) is 16.3. The average Bonchev–Trinajstić information content (AvgIpc) is 3.14. The highest BCUT2D eigenvalue weighted by Gasteiger charge is 2.17. The number of hydrogen-bond donors (Lipinski definition) is 1. The lowest BCUT2D eigenvalue weighted by atomic mass is 10.0. The Kier molecular flexibility index (Phi) is 5.17. The second-order valence-electron chi connectivity index (χ2n) is 7.41. The first-order valence-electron chi connectivity index (χ1n) is 9.90. The molecule has 2 N–H and O–H groups in total. The van der Waals surface area contributed by atoms with Gasteiger partial charge in [-0.15, -0.1) is 6.42 Å². The van der Waals surface area contributed by atoms with Gasteiger partial charge in [0, 0.05) is 5.39 Å². The predicted molar refractivity (Wildman–Crippen MR) is 130 cm³/mol. The fourth-order valence-electron chi connectivity index (χ4n) is 3.73. The lowest BCUT2D eigenvalue weighted by Gasteiger charge is -2.04. The molecule has 0 unspecified atom stereocenters. The number of benzene rings is 3. The maximum absolute atomic E-state index is 13.1. The van der Waals surface area contributed by atoms with E-state index in [1.54, 1.807) is 16.7 Å². The molecule has 1 amide bonds. The second kappa shape index (κ2) is 8.07. The van der Waals surface area contributed by atoms with Gasteiger partial charge in [-0.1, -0.05) is 47.6 Å². The van der Waals surface area contributed by atoms with Crippen molar-refractivity contribution in [1.82, 2.24) is 4.57 Å². The highest BCUT2D eigenvalue weighted by atomic mass is 32.2. The fourth-order valence-corrected chi connectivity index (χ4v) is 5.41. The van der Waals surface area contributed by atoms with E-state index in [1.165, 1.54) is 18.2 Å². The molecule has 0 fully saturated rings. The third-order valence-corrected chi connectivity index (χ3v) is 7.25. The maximum atomic E-state index is 13.1. The van der Waals surface area contributed by atoms with Gasteiger partial charge in [-0.25, -0.2) is 18.4 Å². The number of amides is 1. The van der Waals surface area contributed by atoms with E-state index in [1.807, 2.05) is 30.3 Å². The minimum Gasteiger partial charge on any atom is -0.422 e. The third-order valence-electron chi connectivity index (χ3n) is 5.30. The summed E-state index contributed by atoms with van der Waals surface area (Å²) >= 11 is 1.06. The van der Waals surface area contributed by atoms with Crippen LogP contribution in [0.15, 0.2) is 79.8 Å². The number of carbonyl (C=O) groups excluding carboxylic acids is 1. The van der Waals surface area contributed by atoms with Gasteiger partial charge in [0.2, 0.25) is 10.0 Å². The molecule has 5 rings (SSSR count). The number of primary sulfonamides is 1. The Morgan fingerprint density at radius 3 is 2.68 bits per heavy atom. The standard InChI is InChI=1S/C24H15N3O5S2/c1-2-11-27-19-9-8-15(34(25,30)31)12-21(19)33-24(27)26-22(28)18-13-17-16-6-4-3-5-14(16)7-10-20(17)32-23(18)29/h1,3-10,12-13H,11H2,(H2,25,30,31). The summed E-state index contributed by atoms with van der Waals surface area (Å²) in [7, 11) is -3.91. The third kappa shape index (κ3) is 3.72. The van der Waals surface area contributed by atoms with E-state index in [0.717, 1.165) is 22.1 Å². The largest absolute Gasteiger partial charge is 0.422 e. The van der Waals surface area contributed by atoms with Gasteiger partial charge in [0.1, 0.15) is 11.1 Å². The van der Waals surface area contributed by atoms with Crippen molar-refractivity contribution in [3.8, 4) is 12.3 Å². The van der Waals surface area contributed by atoms with Crippen LogP contribution in [-0.4, -0.2) is 18.9 Å². The van der Waals surface area contributed by atoms with E-state index in [9.17, 15) is 18.0 Å². The van der Waals surface area contributed by atoms with Crippen molar-refractivity contribution in [1.29, 1.82) is 0 Å². The lowest BCUT2D eigenvalue weighted by Crippen LogP contribution is -2.19. The van der Waals surface area contributed by atoms with Crippen molar-refractivity contribution in [3.63, 3.8) is 0 Å². The van der Waals surface area contributed by atoms with Gasteiger partial charge in [0.05, 0.1) is 21.7 Å². The molecule has 168 valence electrons. The van der Waals surface area contributed by atoms with Crippen LogP contribution < -0.4 is 15.6 Å². The van der Waals surface area contributed by atoms with Crippen LogP contribution in [-0.2, 0) is 16.6 Å². The van der Waals surface area contributed by atoms with Gasteiger partial charge in [0.25, 0.3) is 5.91 Å². The average molecular weight is 490 g/mol. The zero-order chi connectivity index (χ0) is 24.0. The molecule has 0 aliphatic carbocycles. The number of terminal acetylenes is 1. The number of hydrogen-bond acceptors (Lipinski definition) is 6. The normalized spacial score (nSPS) is 12.4. The molecular weight excluding hydrogens is 474 g/mol. The molecule has 0 aliphatic heterocycles. The number of rotatable bonds is 3. The smallest absolute Gasteiger partial charge is 0.349 e. The van der Waals surface area contributed by atoms with E-state index in [4.69, 9.17) is 16.0 Å². The van der Waals surface area contributed by atoms with Crippen LogP contribution in [0.4, 0.5) is 0 Å². The van der Waals surface area contributed by atoms with Crippen LogP contribution in [0.1, 0.15) is 10.4 Å². The number of carbonyl (C=O) groups is 1. The number of nitrogens with two attached hydrogens (primary N) is 1. The summed E-state index contributed by atoms with van der Waals surface area (Å²) in [5.74, 6) is 1.69. The van der Waals surface area contributed by atoms with Crippen molar-refractivity contribution in [2.75, 3.05) is 0 Å². The summed E-state index contributed by atoms with van der Waals surface area (Å²) in [5, 5.41) is 7.60. The van der Waals surface area contributed by atoms with Gasteiger partial charge < -0.3 is 8.98 Å². The van der Waals surface area contributed by atoms with Crippen molar-refractivity contribution in [3.05, 3.63) is 81.4 Å². The monoisotopic (exact) mass is 489 g/mol. The highest BCUT2D eigenvalue weighted by Crippen LogP contribution is 2.25. The van der Waals surface area contributed by atoms with Gasteiger partial charge in [-0.3, -0.25) is 4.79 Å². The van der Waals surface area contributed by atoms with Crippen LogP contribution in [0, 0.1) is 12.3 Å². The van der Waals surface area contributed by atoms with Gasteiger partial charge in [-0.2, -0.15) is 4.99 Å². The van der Waals surface area contributed by atoms with Crippen LogP contribution in [0.3, 0.4) is 0 Å². The summed E-state index contributed by atoms with van der Waals surface area (Å²) in [5.41, 5.74) is -0.0880. The summed E-state index contributed by atoms with van der Waals surface area (Å²) in [6.07, 6.45) is 5.49. The van der Waals surface area contributed by atoms with E-state index in [2.05, 4.69) is 10.9 Å². The van der Waals surface area contributed by atoms with E-state index >= 15 is 0 Å². The lowest BCUT2D eigenvalue weighted by molar-refractivity contribution is 0.0994. The molecule has 3 aromatic carbocycles. The first-order valence-corrected chi connectivity index (χ1v) is 12.3. The summed E-state index contributed by atoms with van der Waals surface area (Å²) in [4.78, 5) is 29.9. The van der Waals surface area contributed by atoms with Crippen molar-refractivity contribution < 1.29 is 17.6 Å². The second-order valence-corrected chi connectivity index (χ2v) is 9.98. The number of aromatic nitrogens is 1. The molecule has 0 saturated carbocycles. The van der Waals surface area contributed by atoms with Gasteiger partial charge in [0.15, 0.2) is 4.80 Å².